The standard InChI is InChI=1S/C11H22N4S/c1-5-9-10(12)11(15(3)14-9)13-8(2)6-7-16-4/h8,13H,5-7,12H2,1-4H3. The molecule has 0 saturated carbocycles. The number of hydrogen-bond acceptors (Lipinski definition) is 4. The fourth-order valence-electron chi connectivity index (χ4n) is 1.63. The van der Waals surface area contributed by atoms with Crippen LogP contribution >= 0.6 is 11.8 Å². The van der Waals surface area contributed by atoms with Crippen molar-refractivity contribution in [2.75, 3.05) is 23.1 Å². The molecule has 1 atom stereocenters. The number of thioether (sulfide) groups is 1. The van der Waals surface area contributed by atoms with Gasteiger partial charge in [-0.05, 0) is 31.8 Å². The highest BCUT2D eigenvalue weighted by Gasteiger charge is 2.13. The zero-order valence-electron chi connectivity index (χ0n) is 10.6. The molecule has 0 radical (unpaired) electrons. The zero-order valence-corrected chi connectivity index (χ0v) is 11.4. The number of nitrogens with two attached hydrogens (primary N) is 1. The monoisotopic (exact) mass is 242 g/mol. The van der Waals surface area contributed by atoms with E-state index >= 15 is 0 Å². The maximum Gasteiger partial charge on any atom is 0.147 e. The van der Waals surface area contributed by atoms with Gasteiger partial charge in [0.05, 0.1) is 11.4 Å². The van der Waals surface area contributed by atoms with Crippen LogP contribution in [0.1, 0.15) is 26.0 Å². The Morgan fingerprint density at radius 1 is 1.56 bits per heavy atom. The Labute approximate surface area is 102 Å². The lowest BCUT2D eigenvalue weighted by Gasteiger charge is -2.15. The SMILES string of the molecule is CCc1nn(C)c(NC(C)CCSC)c1N. The van der Waals surface area contributed by atoms with Gasteiger partial charge in [0.1, 0.15) is 5.82 Å². The molecule has 92 valence electrons. The summed E-state index contributed by atoms with van der Waals surface area (Å²) < 4.78 is 1.84. The normalized spacial score (nSPS) is 12.8. The van der Waals surface area contributed by atoms with Gasteiger partial charge in [0.25, 0.3) is 0 Å². The van der Waals surface area contributed by atoms with Gasteiger partial charge in [0.15, 0.2) is 0 Å². The quantitative estimate of drug-likeness (QED) is 0.802. The Morgan fingerprint density at radius 2 is 2.25 bits per heavy atom. The van der Waals surface area contributed by atoms with E-state index in [1.54, 1.807) is 0 Å². The van der Waals surface area contributed by atoms with Crippen LogP contribution in [0.25, 0.3) is 0 Å². The van der Waals surface area contributed by atoms with Gasteiger partial charge in [0, 0.05) is 13.1 Å². The van der Waals surface area contributed by atoms with E-state index in [-0.39, 0.29) is 0 Å². The van der Waals surface area contributed by atoms with E-state index < -0.39 is 0 Å². The van der Waals surface area contributed by atoms with Crippen molar-refractivity contribution >= 4 is 23.3 Å². The van der Waals surface area contributed by atoms with Crippen LogP contribution < -0.4 is 11.1 Å². The smallest absolute Gasteiger partial charge is 0.147 e. The molecule has 1 aromatic rings. The van der Waals surface area contributed by atoms with Crippen LogP contribution in [0, 0.1) is 0 Å². The van der Waals surface area contributed by atoms with Crippen LogP contribution in [0.3, 0.4) is 0 Å². The van der Waals surface area contributed by atoms with Crippen molar-refractivity contribution in [3.63, 3.8) is 0 Å². The van der Waals surface area contributed by atoms with Gasteiger partial charge in [-0.15, -0.1) is 0 Å². The second-order valence-electron chi connectivity index (χ2n) is 4.01. The first-order valence-electron chi connectivity index (χ1n) is 5.66. The van der Waals surface area contributed by atoms with Gasteiger partial charge < -0.3 is 11.1 Å². The molecule has 1 aromatic heterocycles. The summed E-state index contributed by atoms with van der Waals surface area (Å²) in [4.78, 5) is 0. The lowest BCUT2D eigenvalue weighted by molar-refractivity contribution is 0.713. The van der Waals surface area contributed by atoms with Gasteiger partial charge in [0.2, 0.25) is 0 Å². The summed E-state index contributed by atoms with van der Waals surface area (Å²) in [5.41, 5.74) is 7.81. The van der Waals surface area contributed by atoms with E-state index in [1.807, 2.05) is 23.5 Å². The van der Waals surface area contributed by atoms with E-state index in [9.17, 15) is 0 Å². The molecule has 1 heterocycles. The van der Waals surface area contributed by atoms with Crippen LogP contribution in [-0.2, 0) is 13.5 Å². The minimum absolute atomic E-state index is 0.426. The first kappa shape index (κ1) is 13.2. The van der Waals surface area contributed by atoms with Crippen LogP contribution in [0.2, 0.25) is 0 Å². The summed E-state index contributed by atoms with van der Waals surface area (Å²) >= 11 is 1.86. The summed E-state index contributed by atoms with van der Waals surface area (Å²) in [6, 6.07) is 0.426. The summed E-state index contributed by atoms with van der Waals surface area (Å²) in [5, 5.41) is 7.82. The minimum atomic E-state index is 0.426. The second-order valence-corrected chi connectivity index (χ2v) is 5.00. The van der Waals surface area contributed by atoms with E-state index in [0.717, 1.165) is 35.8 Å². The largest absolute Gasteiger partial charge is 0.394 e. The molecule has 4 nitrogen and oxygen atoms in total. The Hall–Kier alpha value is -0.840. The Bertz CT molecular complexity index is 335. The number of hydrogen-bond donors (Lipinski definition) is 2. The van der Waals surface area contributed by atoms with E-state index in [1.165, 1.54) is 0 Å². The van der Waals surface area contributed by atoms with Gasteiger partial charge >= 0.3 is 0 Å². The molecular weight excluding hydrogens is 220 g/mol. The third kappa shape index (κ3) is 3.07. The van der Waals surface area contributed by atoms with Crippen molar-refractivity contribution in [2.24, 2.45) is 7.05 Å². The predicted octanol–water partition coefficient (Wildman–Crippen LogP) is 2.12. The molecule has 3 N–H and O–H groups in total. The molecule has 0 aliphatic rings. The fourth-order valence-corrected chi connectivity index (χ4v) is 2.22. The molecule has 0 aliphatic carbocycles. The lowest BCUT2D eigenvalue weighted by atomic mass is 10.2. The third-order valence-corrected chi connectivity index (χ3v) is 3.28. The van der Waals surface area contributed by atoms with Gasteiger partial charge in [-0.3, -0.25) is 4.68 Å². The molecule has 0 amide bonds. The molecule has 0 spiro atoms. The lowest BCUT2D eigenvalue weighted by Crippen LogP contribution is -2.18. The number of aryl methyl sites for hydroxylation is 2. The molecule has 5 heteroatoms. The first-order valence-corrected chi connectivity index (χ1v) is 7.06. The van der Waals surface area contributed by atoms with Crippen LogP contribution in [0.5, 0.6) is 0 Å². The van der Waals surface area contributed by atoms with Gasteiger partial charge in [-0.2, -0.15) is 16.9 Å². The van der Waals surface area contributed by atoms with Crippen molar-refractivity contribution in [3.8, 4) is 0 Å². The van der Waals surface area contributed by atoms with Crippen LogP contribution in [0.4, 0.5) is 11.5 Å². The Balaban J connectivity index is 2.69. The van der Waals surface area contributed by atoms with Crippen molar-refractivity contribution in [1.82, 2.24) is 9.78 Å². The maximum absolute atomic E-state index is 6.04. The number of nitrogens with one attached hydrogen (secondary N) is 1. The summed E-state index contributed by atoms with van der Waals surface area (Å²) in [6.07, 6.45) is 4.13. The highest BCUT2D eigenvalue weighted by molar-refractivity contribution is 7.98. The molecule has 0 aliphatic heterocycles. The second kappa shape index (κ2) is 6.03. The molecule has 16 heavy (non-hydrogen) atoms. The van der Waals surface area contributed by atoms with Gasteiger partial charge in [-0.1, -0.05) is 6.92 Å². The van der Waals surface area contributed by atoms with Crippen LogP contribution in [0.15, 0.2) is 0 Å². The van der Waals surface area contributed by atoms with E-state index in [4.69, 9.17) is 5.73 Å². The Morgan fingerprint density at radius 3 is 2.75 bits per heavy atom. The Kier molecular flexibility index (Phi) is 4.99. The van der Waals surface area contributed by atoms with E-state index in [0.29, 0.717) is 6.04 Å². The van der Waals surface area contributed by atoms with Crippen molar-refractivity contribution in [1.29, 1.82) is 0 Å². The minimum Gasteiger partial charge on any atom is -0.394 e. The summed E-state index contributed by atoms with van der Waals surface area (Å²) in [7, 11) is 1.93. The van der Waals surface area contributed by atoms with E-state index in [2.05, 4.69) is 30.5 Å². The predicted molar refractivity (Wildman–Crippen MR) is 73.1 cm³/mol. The molecule has 0 bridgehead atoms. The zero-order chi connectivity index (χ0) is 12.1. The maximum atomic E-state index is 6.04. The average molecular weight is 242 g/mol. The molecule has 0 fully saturated rings. The number of anilines is 2. The number of nitrogen functional groups attached to an aromatic ring is 1. The highest BCUT2D eigenvalue weighted by atomic mass is 32.2. The molecule has 1 unspecified atom stereocenters. The topological polar surface area (TPSA) is 55.9 Å². The third-order valence-electron chi connectivity index (χ3n) is 2.63. The number of nitrogens with zero attached hydrogens (tertiary/aromatic N) is 2. The van der Waals surface area contributed by atoms with Crippen molar-refractivity contribution in [2.45, 2.75) is 32.7 Å². The number of aromatic nitrogens is 2. The highest BCUT2D eigenvalue weighted by Crippen LogP contribution is 2.23. The molecule has 1 rings (SSSR count). The average Bonchev–Trinajstić information content (AvgIpc) is 2.53. The molecule has 0 saturated heterocycles. The summed E-state index contributed by atoms with van der Waals surface area (Å²) in [5.74, 6) is 2.11. The van der Waals surface area contributed by atoms with Crippen molar-refractivity contribution < 1.29 is 0 Å². The van der Waals surface area contributed by atoms with Crippen LogP contribution in [-0.4, -0.2) is 27.8 Å². The first-order chi connectivity index (χ1) is 7.60. The van der Waals surface area contributed by atoms with Gasteiger partial charge in [-0.25, -0.2) is 0 Å². The number of rotatable bonds is 6. The fraction of sp³-hybridized carbons (Fsp3) is 0.727. The molecule has 0 aromatic carbocycles. The van der Waals surface area contributed by atoms with Crippen molar-refractivity contribution in [3.05, 3.63) is 5.69 Å². The summed E-state index contributed by atoms with van der Waals surface area (Å²) in [6.45, 7) is 4.24. The molecular formula is C11H22N4S.